The standard InChI is InChI=1S/C20H16N6O3/c27-19(24-15-6-8-16(9-7-15)26-13-21-12-23-26)11-22-20(28)18-10-17(25-29-18)14-4-2-1-3-5-14/h1-10,12-13H,11H2,(H,22,28)(H,24,27). The molecule has 2 heterocycles. The first-order valence-electron chi connectivity index (χ1n) is 8.74. The van der Waals surface area contributed by atoms with Crippen molar-refractivity contribution in [1.82, 2.24) is 25.2 Å². The van der Waals surface area contributed by atoms with Crippen molar-refractivity contribution in [2.75, 3.05) is 11.9 Å². The Balaban J connectivity index is 1.30. The summed E-state index contributed by atoms with van der Waals surface area (Å²) in [6.45, 7) is -0.203. The van der Waals surface area contributed by atoms with Gasteiger partial charge in [-0.15, -0.1) is 0 Å². The van der Waals surface area contributed by atoms with Gasteiger partial charge in [0, 0.05) is 17.3 Å². The third-order valence-corrected chi connectivity index (χ3v) is 4.05. The summed E-state index contributed by atoms with van der Waals surface area (Å²) in [6.07, 6.45) is 3.02. The van der Waals surface area contributed by atoms with Crippen LogP contribution in [0.4, 0.5) is 5.69 Å². The van der Waals surface area contributed by atoms with E-state index in [0.717, 1.165) is 11.3 Å². The second kappa shape index (κ2) is 8.17. The molecule has 2 N–H and O–H groups in total. The van der Waals surface area contributed by atoms with E-state index in [9.17, 15) is 9.59 Å². The van der Waals surface area contributed by atoms with E-state index in [0.29, 0.717) is 11.4 Å². The lowest BCUT2D eigenvalue weighted by Crippen LogP contribution is -2.32. The van der Waals surface area contributed by atoms with Crippen molar-refractivity contribution < 1.29 is 14.1 Å². The van der Waals surface area contributed by atoms with Crippen LogP contribution in [0, 0.1) is 0 Å². The molecule has 0 spiro atoms. The predicted octanol–water partition coefficient (Wildman–Crippen LogP) is 2.29. The fraction of sp³-hybridized carbons (Fsp3) is 0.0500. The first-order chi connectivity index (χ1) is 14.2. The molecule has 2 aromatic carbocycles. The van der Waals surface area contributed by atoms with Gasteiger partial charge in [-0.1, -0.05) is 35.5 Å². The van der Waals surface area contributed by atoms with E-state index >= 15 is 0 Å². The second-order valence-corrected chi connectivity index (χ2v) is 6.06. The third kappa shape index (κ3) is 4.35. The summed E-state index contributed by atoms with van der Waals surface area (Å²) >= 11 is 0. The van der Waals surface area contributed by atoms with E-state index in [-0.39, 0.29) is 18.2 Å². The lowest BCUT2D eigenvalue weighted by atomic mass is 10.1. The van der Waals surface area contributed by atoms with Crippen molar-refractivity contribution in [3.63, 3.8) is 0 Å². The molecule has 0 saturated carbocycles. The summed E-state index contributed by atoms with van der Waals surface area (Å²) in [5.74, 6) is -0.847. The molecule has 0 aliphatic rings. The number of rotatable bonds is 6. The van der Waals surface area contributed by atoms with Crippen molar-refractivity contribution in [1.29, 1.82) is 0 Å². The maximum atomic E-state index is 12.2. The molecular weight excluding hydrogens is 372 g/mol. The van der Waals surface area contributed by atoms with E-state index in [1.165, 1.54) is 12.4 Å². The summed E-state index contributed by atoms with van der Waals surface area (Å²) in [6, 6.07) is 17.9. The zero-order valence-electron chi connectivity index (χ0n) is 15.1. The van der Waals surface area contributed by atoms with E-state index in [4.69, 9.17) is 4.52 Å². The van der Waals surface area contributed by atoms with E-state index < -0.39 is 5.91 Å². The number of anilines is 1. The lowest BCUT2D eigenvalue weighted by Gasteiger charge is -2.07. The first kappa shape index (κ1) is 18.1. The van der Waals surface area contributed by atoms with Gasteiger partial charge < -0.3 is 15.2 Å². The van der Waals surface area contributed by atoms with Gasteiger partial charge in [0.05, 0.1) is 12.2 Å². The fourth-order valence-corrected chi connectivity index (χ4v) is 2.62. The quantitative estimate of drug-likeness (QED) is 0.524. The van der Waals surface area contributed by atoms with Crippen LogP contribution in [-0.4, -0.2) is 38.3 Å². The number of carbonyl (C=O) groups is 2. The molecule has 0 aliphatic heterocycles. The van der Waals surface area contributed by atoms with Crippen LogP contribution >= 0.6 is 0 Å². The minimum Gasteiger partial charge on any atom is -0.350 e. The highest BCUT2D eigenvalue weighted by Crippen LogP contribution is 2.18. The molecule has 0 saturated heterocycles. The van der Waals surface area contributed by atoms with Gasteiger partial charge in [-0.25, -0.2) is 9.67 Å². The van der Waals surface area contributed by atoms with Crippen LogP contribution in [0.25, 0.3) is 16.9 Å². The molecule has 0 bridgehead atoms. The molecule has 2 amide bonds. The summed E-state index contributed by atoms with van der Waals surface area (Å²) in [5.41, 5.74) is 2.79. The van der Waals surface area contributed by atoms with Crippen LogP contribution in [0.1, 0.15) is 10.6 Å². The van der Waals surface area contributed by atoms with Gasteiger partial charge in [-0.05, 0) is 24.3 Å². The van der Waals surface area contributed by atoms with Crippen LogP contribution in [0.3, 0.4) is 0 Å². The number of hydrogen-bond donors (Lipinski definition) is 2. The highest BCUT2D eigenvalue weighted by molar-refractivity contribution is 5.98. The molecule has 0 aliphatic carbocycles. The number of hydrogen-bond acceptors (Lipinski definition) is 6. The number of benzene rings is 2. The summed E-state index contributed by atoms with van der Waals surface area (Å²) in [7, 11) is 0. The first-order valence-corrected chi connectivity index (χ1v) is 8.74. The van der Waals surface area contributed by atoms with Gasteiger partial charge in [0.2, 0.25) is 11.7 Å². The third-order valence-electron chi connectivity index (χ3n) is 4.05. The van der Waals surface area contributed by atoms with Crippen LogP contribution < -0.4 is 10.6 Å². The smallest absolute Gasteiger partial charge is 0.290 e. The maximum absolute atomic E-state index is 12.2. The average molecular weight is 388 g/mol. The van der Waals surface area contributed by atoms with E-state index in [1.807, 2.05) is 30.3 Å². The van der Waals surface area contributed by atoms with Gasteiger partial charge >= 0.3 is 0 Å². The van der Waals surface area contributed by atoms with Gasteiger partial charge in [0.25, 0.3) is 5.91 Å². The molecule has 9 heteroatoms. The van der Waals surface area contributed by atoms with Crippen molar-refractivity contribution >= 4 is 17.5 Å². The molecule has 0 atom stereocenters. The van der Waals surface area contributed by atoms with Gasteiger partial charge in [0.1, 0.15) is 18.3 Å². The molecule has 0 unspecified atom stereocenters. The Labute approximate surface area is 165 Å². The van der Waals surface area contributed by atoms with E-state index in [1.54, 1.807) is 35.3 Å². The average Bonchev–Trinajstić information content (AvgIpc) is 3.46. The summed E-state index contributed by atoms with van der Waals surface area (Å²) in [4.78, 5) is 28.2. The zero-order chi connectivity index (χ0) is 20.1. The Morgan fingerprint density at radius 1 is 1.03 bits per heavy atom. The highest BCUT2D eigenvalue weighted by atomic mass is 16.5. The van der Waals surface area contributed by atoms with Crippen LogP contribution in [0.15, 0.2) is 77.8 Å². The van der Waals surface area contributed by atoms with Crippen molar-refractivity contribution in [3.05, 3.63) is 79.1 Å². The minimum atomic E-state index is -0.517. The second-order valence-electron chi connectivity index (χ2n) is 6.06. The highest BCUT2D eigenvalue weighted by Gasteiger charge is 2.15. The Bertz CT molecular complexity index is 1100. The van der Waals surface area contributed by atoms with Gasteiger partial charge in [-0.3, -0.25) is 9.59 Å². The topological polar surface area (TPSA) is 115 Å². The summed E-state index contributed by atoms with van der Waals surface area (Å²) < 4.78 is 6.68. The number of carbonyl (C=O) groups excluding carboxylic acids is 2. The largest absolute Gasteiger partial charge is 0.350 e. The van der Waals surface area contributed by atoms with Crippen molar-refractivity contribution in [2.24, 2.45) is 0 Å². The monoisotopic (exact) mass is 388 g/mol. The number of aromatic nitrogens is 4. The molecule has 4 aromatic rings. The molecule has 2 aromatic heterocycles. The summed E-state index contributed by atoms with van der Waals surface area (Å²) in [5, 5.41) is 13.1. The maximum Gasteiger partial charge on any atom is 0.290 e. The minimum absolute atomic E-state index is 0.0360. The van der Waals surface area contributed by atoms with Crippen LogP contribution in [0.5, 0.6) is 0 Å². The Morgan fingerprint density at radius 3 is 2.55 bits per heavy atom. The number of nitrogens with one attached hydrogen (secondary N) is 2. The molecule has 0 fully saturated rings. The Kier molecular flexibility index (Phi) is 5.10. The lowest BCUT2D eigenvalue weighted by molar-refractivity contribution is -0.115. The number of amides is 2. The SMILES string of the molecule is O=C(CNC(=O)c1cc(-c2ccccc2)no1)Nc1ccc(-n2cncn2)cc1. The molecule has 29 heavy (non-hydrogen) atoms. The molecular formula is C20H16N6O3. The van der Waals surface area contributed by atoms with Crippen LogP contribution in [0.2, 0.25) is 0 Å². The fourth-order valence-electron chi connectivity index (χ4n) is 2.62. The Hall–Kier alpha value is -4.27. The normalized spacial score (nSPS) is 10.5. The van der Waals surface area contributed by atoms with Crippen LogP contribution in [-0.2, 0) is 4.79 Å². The zero-order valence-corrected chi connectivity index (χ0v) is 15.1. The predicted molar refractivity (Wildman–Crippen MR) is 104 cm³/mol. The van der Waals surface area contributed by atoms with Crippen molar-refractivity contribution in [2.45, 2.75) is 0 Å². The molecule has 144 valence electrons. The molecule has 0 radical (unpaired) electrons. The molecule has 4 rings (SSSR count). The van der Waals surface area contributed by atoms with Gasteiger partial charge in [0.15, 0.2) is 0 Å². The van der Waals surface area contributed by atoms with Crippen molar-refractivity contribution in [3.8, 4) is 16.9 Å². The molecule has 9 nitrogen and oxygen atoms in total. The van der Waals surface area contributed by atoms with Gasteiger partial charge in [-0.2, -0.15) is 5.10 Å². The number of nitrogens with zero attached hydrogens (tertiary/aromatic N) is 4. The Morgan fingerprint density at radius 2 is 1.83 bits per heavy atom. The van der Waals surface area contributed by atoms with E-state index in [2.05, 4.69) is 25.9 Å².